The molecule has 23 heavy (non-hydrogen) atoms. The van der Waals surface area contributed by atoms with Gasteiger partial charge in [0, 0.05) is 11.0 Å². The summed E-state index contributed by atoms with van der Waals surface area (Å²) in [6, 6.07) is 2.49. The first-order chi connectivity index (χ1) is 10.7. The van der Waals surface area contributed by atoms with E-state index in [1.54, 1.807) is 22.3 Å². The third-order valence-corrected chi connectivity index (χ3v) is 7.80. The lowest BCUT2D eigenvalue weighted by Crippen LogP contribution is -2.27. The van der Waals surface area contributed by atoms with Crippen LogP contribution < -0.4 is 0 Å². The van der Waals surface area contributed by atoms with Crippen LogP contribution in [0.15, 0.2) is 6.07 Å². The highest BCUT2D eigenvalue weighted by molar-refractivity contribution is 7.99. The Kier molecular flexibility index (Phi) is 5.93. The fourth-order valence-electron chi connectivity index (χ4n) is 4.15. The maximum absolute atomic E-state index is 2.49. The normalized spacial score (nSPS) is 28.7. The summed E-state index contributed by atoms with van der Waals surface area (Å²) in [6.45, 7) is 21.6. The van der Waals surface area contributed by atoms with Crippen LogP contribution >= 0.6 is 11.8 Å². The molecule has 0 amide bonds. The third kappa shape index (κ3) is 3.50. The second-order valence-electron chi connectivity index (χ2n) is 8.43. The minimum Gasteiger partial charge on any atom is -0.158 e. The van der Waals surface area contributed by atoms with Crippen LogP contribution in [-0.2, 0) is 0 Å². The van der Waals surface area contributed by atoms with Gasteiger partial charge in [0.25, 0.3) is 0 Å². The molecule has 0 nitrogen and oxygen atoms in total. The van der Waals surface area contributed by atoms with Crippen molar-refractivity contribution in [1.29, 1.82) is 0 Å². The average molecular weight is 333 g/mol. The smallest absolute Gasteiger partial charge is 0.00503 e. The highest BCUT2D eigenvalue weighted by Crippen LogP contribution is 2.47. The van der Waals surface area contributed by atoms with Crippen molar-refractivity contribution in [3.05, 3.63) is 33.9 Å². The first-order valence-electron chi connectivity index (χ1n) is 9.42. The number of rotatable bonds is 2. The predicted octanol–water partition coefficient (Wildman–Crippen LogP) is 7.04. The standard InChI is InChI=1S/C22H36S/c1-12(2)19-10-14(5)15(6)21-17(8)16(7)18(9)23-11-20(13(3)4)22(19)21/h10,12-13,16-18,20H,11H2,1-9H3/t16-,17+,18-,20?/m0/s1. The van der Waals surface area contributed by atoms with Crippen molar-refractivity contribution >= 4 is 11.8 Å². The van der Waals surface area contributed by atoms with Gasteiger partial charge >= 0.3 is 0 Å². The van der Waals surface area contributed by atoms with Crippen molar-refractivity contribution in [3.8, 4) is 0 Å². The number of benzene rings is 1. The highest BCUT2D eigenvalue weighted by Gasteiger charge is 2.33. The summed E-state index contributed by atoms with van der Waals surface area (Å²) >= 11 is 2.19. The molecule has 0 aromatic heterocycles. The van der Waals surface area contributed by atoms with Gasteiger partial charge in [0.15, 0.2) is 0 Å². The molecule has 0 saturated carbocycles. The molecule has 0 saturated heterocycles. The lowest BCUT2D eigenvalue weighted by Gasteiger charge is -2.38. The minimum atomic E-state index is 0.605. The predicted molar refractivity (Wildman–Crippen MR) is 107 cm³/mol. The molecule has 0 radical (unpaired) electrons. The summed E-state index contributed by atoms with van der Waals surface area (Å²) in [5.74, 6) is 4.63. The Morgan fingerprint density at radius 3 is 2.13 bits per heavy atom. The molecule has 1 aromatic rings. The zero-order chi connectivity index (χ0) is 17.5. The number of thioether (sulfide) groups is 1. The quantitative estimate of drug-likeness (QED) is 0.559. The van der Waals surface area contributed by atoms with Crippen LogP contribution in [0, 0.1) is 25.7 Å². The highest BCUT2D eigenvalue weighted by atomic mass is 32.2. The van der Waals surface area contributed by atoms with Gasteiger partial charge in [-0.1, -0.05) is 54.5 Å². The molecule has 1 aliphatic rings. The Hall–Kier alpha value is -0.430. The molecule has 1 aromatic carbocycles. The molecule has 0 fully saturated rings. The lowest BCUT2D eigenvalue weighted by molar-refractivity contribution is 0.455. The Bertz CT molecular complexity index is 556. The zero-order valence-electron chi connectivity index (χ0n) is 16.7. The van der Waals surface area contributed by atoms with E-state index in [1.165, 1.54) is 11.3 Å². The van der Waals surface area contributed by atoms with Gasteiger partial charge in [0.1, 0.15) is 0 Å². The maximum Gasteiger partial charge on any atom is 0.00503 e. The van der Waals surface area contributed by atoms with Gasteiger partial charge < -0.3 is 0 Å². The summed E-state index contributed by atoms with van der Waals surface area (Å²) in [4.78, 5) is 0. The maximum atomic E-state index is 2.49. The van der Waals surface area contributed by atoms with Crippen LogP contribution in [0.4, 0.5) is 0 Å². The largest absolute Gasteiger partial charge is 0.158 e. The van der Waals surface area contributed by atoms with Crippen molar-refractivity contribution in [2.45, 2.75) is 85.3 Å². The molecular weight excluding hydrogens is 296 g/mol. The second kappa shape index (κ2) is 7.21. The van der Waals surface area contributed by atoms with E-state index in [0.717, 1.165) is 11.2 Å². The van der Waals surface area contributed by atoms with Gasteiger partial charge in [-0.05, 0) is 71.3 Å². The molecule has 4 atom stereocenters. The van der Waals surface area contributed by atoms with E-state index in [-0.39, 0.29) is 0 Å². The van der Waals surface area contributed by atoms with Crippen LogP contribution in [0.25, 0.3) is 0 Å². The van der Waals surface area contributed by atoms with E-state index in [0.29, 0.717) is 23.7 Å². The summed E-state index contributed by atoms with van der Waals surface area (Å²) in [5.41, 5.74) is 8.03. The minimum absolute atomic E-state index is 0.605. The Morgan fingerprint density at radius 1 is 1.00 bits per heavy atom. The van der Waals surface area contributed by atoms with Gasteiger partial charge in [-0.25, -0.2) is 0 Å². The molecule has 1 heteroatoms. The van der Waals surface area contributed by atoms with Crippen molar-refractivity contribution < 1.29 is 0 Å². The van der Waals surface area contributed by atoms with E-state index < -0.39 is 0 Å². The van der Waals surface area contributed by atoms with Crippen molar-refractivity contribution in [2.24, 2.45) is 11.8 Å². The summed E-state index contributed by atoms with van der Waals surface area (Å²) in [6.07, 6.45) is 0. The Morgan fingerprint density at radius 2 is 1.61 bits per heavy atom. The van der Waals surface area contributed by atoms with Gasteiger partial charge in [-0.15, -0.1) is 0 Å². The molecular formula is C22H36S. The molecule has 1 heterocycles. The SMILES string of the molecule is Cc1cc(C(C)C)c2c(c1C)[C@H](C)[C@H](C)[C@H](C)SCC2C(C)C. The van der Waals surface area contributed by atoms with E-state index >= 15 is 0 Å². The van der Waals surface area contributed by atoms with Crippen LogP contribution in [0.5, 0.6) is 0 Å². The van der Waals surface area contributed by atoms with Crippen LogP contribution in [0.3, 0.4) is 0 Å². The first-order valence-corrected chi connectivity index (χ1v) is 10.5. The van der Waals surface area contributed by atoms with Crippen molar-refractivity contribution in [1.82, 2.24) is 0 Å². The molecule has 0 aliphatic carbocycles. The molecule has 0 spiro atoms. The van der Waals surface area contributed by atoms with E-state index in [2.05, 4.69) is 80.1 Å². The average Bonchev–Trinajstić information content (AvgIpc) is 2.47. The fourth-order valence-corrected chi connectivity index (χ4v) is 5.75. The topological polar surface area (TPSA) is 0 Å². The number of aryl methyl sites for hydroxylation is 1. The fraction of sp³-hybridized carbons (Fsp3) is 0.727. The third-order valence-electron chi connectivity index (χ3n) is 6.29. The van der Waals surface area contributed by atoms with Gasteiger partial charge in [0.05, 0.1) is 0 Å². The molecule has 1 aliphatic heterocycles. The monoisotopic (exact) mass is 332 g/mol. The second-order valence-corrected chi connectivity index (χ2v) is 9.84. The summed E-state index contributed by atoms with van der Waals surface area (Å²) in [7, 11) is 0. The molecule has 1 unspecified atom stereocenters. The lowest BCUT2D eigenvalue weighted by atomic mass is 9.72. The number of fused-ring (bicyclic) bond motifs is 1. The van der Waals surface area contributed by atoms with E-state index in [4.69, 9.17) is 0 Å². The Balaban J connectivity index is 2.80. The Labute approximate surface area is 148 Å². The molecule has 0 N–H and O–H groups in total. The van der Waals surface area contributed by atoms with E-state index in [9.17, 15) is 0 Å². The van der Waals surface area contributed by atoms with Gasteiger partial charge in [0.2, 0.25) is 0 Å². The van der Waals surface area contributed by atoms with Crippen molar-refractivity contribution in [2.75, 3.05) is 5.75 Å². The van der Waals surface area contributed by atoms with Crippen LogP contribution in [0.2, 0.25) is 0 Å². The van der Waals surface area contributed by atoms with Gasteiger partial charge in [-0.2, -0.15) is 11.8 Å². The summed E-state index contributed by atoms with van der Waals surface area (Å²) < 4.78 is 0. The van der Waals surface area contributed by atoms with Crippen molar-refractivity contribution in [3.63, 3.8) is 0 Å². The van der Waals surface area contributed by atoms with Crippen LogP contribution in [-0.4, -0.2) is 11.0 Å². The number of hydrogen-bond acceptors (Lipinski definition) is 1. The molecule has 130 valence electrons. The summed E-state index contributed by atoms with van der Waals surface area (Å²) in [5, 5.41) is 0.738. The molecule has 0 bridgehead atoms. The first kappa shape index (κ1) is 18.9. The van der Waals surface area contributed by atoms with Crippen LogP contribution in [0.1, 0.15) is 94.0 Å². The zero-order valence-corrected chi connectivity index (χ0v) is 17.5. The van der Waals surface area contributed by atoms with E-state index in [1.807, 2.05) is 0 Å². The number of hydrogen-bond donors (Lipinski definition) is 0. The molecule has 2 rings (SSSR count). The van der Waals surface area contributed by atoms with Gasteiger partial charge in [-0.3, -0.25) is 0 Å².